The first kappa shape index (κ1) is 23.9. The quantitative estimate of drug-likeness (QED) is 0.629. The Bertz CT molecular complexity index is 1010. The third-order valence-electron chi connectivity index (χ3n) is 6.45. The first-order valence-corrected chi connectivity index (χ1v) is 11.7. The van der Waals surface area contributed by atoms with E-state index in [1.807, 2.05) is 54.6 Å². The van der Waals surface area contributed by atoms with Gasteiger partial charge < -0.3 is 9.64 Å². The molecule has 8 nitrogen and oxygen atoms in total. The van der Waals surface area contributed by atoms with Gasteiger partial charge in [-0.25, -0.2) is 5.01 Å². The van der Waals surface area contributed by atoms with E-state index < -0.39 is 0 Å². The molecular formula is C26H33N5O3. The van der Waals surface area contributed by atoms with Gasteiger partial charge in [-0.15, -0.1) is 0 Å². The number of carbonyl (C=O) groups is 2. The van der Waals surface area contributed by atoms with Crippen molar-refractivity contribution >= 4 is 17.5 Å². The summed E-state index contributed by atoms with van der Waals surface area (Å²) in [4.78, 5) is 31.3. The number of ether oxygens (including phenoxy) is 1. The minimum atomic E-state index is -0.146. The number of piperazine rings is 1. The maximum atomic E-state index is 13.4. The smallest absolute Gasteiger partial charge is 0.257 e. The maximum Gasteiger partial charge on any atom is 0.257 e. The highest BCUT2D eigenvalue weighted by molar-refractivity contribution is 6.03. The Kier molecular flexibility index (Phi) is 7.59. The summed E-state index contributed by atoms with van der Waals surface area (Å²) in [7, 11) is 5.20. The van der Waals surface area contributed by atoms with Crippen LogP contribution in [0.25, 0.3) is 0 Å². The zero-order valence-electron chi connectivity index (χ0n) is 20.2. The Morgan fingerprint density at radius 1 is 0.941 bits per heavy atom. The minimum Gasteiger partial charge on any atom is -0.497 e. The molecule has 0 aromatic heterocycles. The average molecular weight is 464 g/mol. The summed E-state index contributed by atoms with van der Waals surface area (Å²) in [6.45, 7) is 3.78. The largest absolute Gasteiger partial charge is 0.497 e. The standard InChI is InChI=1S/C26H33N5O3/c1-28(2)25(32)18-29-13-15-30(16-14-29)19-26(33)31-24(21-9-11-22(34-3)12-10-21)17-23(27-31)20-7-5-4-6-8-20/h4-12,24H,13-19H2,1-3H3. The molecule has 1 unspecified atom stereocenters. The third kappa shape index (κ3) is 5.63. The third-order valence-corrected chi connectivity index (χ3v) is 6.45. The van der Waals surface area contributed by atoms with E-state index in [-0.39, 0.29) is 17.9 Å². The van der Waals surface area contributed by atoms with E-state index in [4.69, 9.17) is 9.84 Å². The Morgan fingerprint density at radius 3 is 2.15 bits per heavy atom. The van der Waals surface area contributed by atoms with Crippen LogP contribution in [0.1, 0.15) is 23.6 Å². The number of likely N-dealkylation sites (N-methyl/N-ethyl adjacent to an activating group) is 1. The first-order chi connectivity index (χ1) is 16.4. The lowest BCUT2D eigenvalue weighted by atomic mass is 9.98. The van der Waals surface area contributed by atoms with Crippen molar-refractivity contribution < 1.29 is 14.3 Å². The van der Waals surface area contributed by atoms with E-state index >= 15 is 0 Å². The van der Waals surface area contributed by atoms with Crippen molar-refractivity contribution in [2.45, 2.75) is 12.5 Å². The summed E-state index contributed by atoms with van der Waals surface area (Å²) in [5.74, 6) is 0.880. The van der Waals surface area contributed by atoms with Crippen LogP contribution in [0.15, 0.2) is 59.7 Å². The average Bonchev–Trinajstić information content (AvgIpc) is 3.31. The molecule has 1 fully saturated rings. The van der Waals surface area contributed by atoms with E-state index in [1.54, 1.807) is 31.1 Å². The number of methoxy groups -OCH3 is 1. The second-order valence-corrected chi connectivity index (χ2v) is 8.98. The van der Waals surface area contributed by atoms with Crippen molar-refractivity contribution in [3.8, 4) is 5.75 Å². The normalized spacial score (nSPS) is 19.1. The number of amides is 2. The molecule has 0 bridgehead atoms. The van der Waals surface area contributed by atoms with Gasteiger partial charge in [-0.2, -0.15) is 5.10 Å². The van der Waals surface area contributed by atoms with E-state index in [1.165, 1.54) is 0 Å². The molecule has 2 aromatic carbocycles. The molecule has 2 amide bonds. The molecule has 34 heavy (non-hydrogen) atoms. The lowest BCUT2D eigenvalue weighted by Gasteiger charge is -2.35. The van der Waals surface area contributed by atoms with Gasteiger partial charge in [0, 0.05) is 46.7 Å². The van der Waals surface area contributed by atoms with Crippen molar-refractivity contribution in [1.29, 1.82) is 0 Å². The monoisotopic (exact) mass is 463 g/mol. The summed E-state index contributed by atoms with van der Waals surface area (Å²) >= 11 is 0. The van der Waals surface area contributed by atoms with Crippen LogP contribution in [0.2, 0.25) is 0 Å². The lowest BCUT2D eigenvalue weighted by Crippen LogP contribution is -2.51. The molecule has 2 heterocycles. The maximum absolute atomic E-state index is 13.4. The second kappa shape index (κ2) is 10.8. The summed E-state index contributed by atoms with van der Waals surface area (Å²) in [6, 6.07) is 17.7. The van der Waals surface area contributed by atoms with Crippen LogP contribution < -0.4 is 4.74 Å². The molecule has 180 valence electrons. The van der Waals surface area contributed by atoms with E-state index in [0.717, 1.165) is 48.8 Å². The van der Waals surface area contributed by atoms with Crippen LogP contribution in [0, 0.1) is 0 Å². The Morgan fingerprint density at radius 2 is 1.56 bits per heavy atom. The van der Waals surface area contributed by atoms with Crippen LogP contribution >= 0.6 is 0 Å². The fourth-order valence-corrected chi connectivity index (χ4v) is 4.33. The number of benzene rings is 2. The van der Waals surface area contributed by atoms with Gasteiger partial charge in [-0.3, -0.25) is 19.4 Å². The number of hydrogen-bond acceptors (Lipinski definition) is 6. The molecule has 0 radical (unpaired) electrons. The van der Waals surface area contributed by atoms with Gasteiger partial charge >= 0.3 is 0 Å². The molecule has 0 N–H and O–H groups in total. The predicted octanol–water partition coefficient (Wildman–Crippen LogP) is 2.08. The molecule has 1 atom stereocenters. The molecule has 0 saturated carbocycles. The van der Waals surface area contributed by atoms with Gasteiger partial charge in [0.15, 0.2) is 0 Å². The van der Waals surface area contributed by atoms with Crippen LogP contribution in [0.3, 0.4) is 0 Å². The molecule has 2 aromatic rings. The molecule has 2 aliphatic heterocycles. The van der Waals surface area contributed by atoms with Crippen LogP contribution in [0.5, 0.6) is 5.75 Å². The van der Waals surface area contributed by atoms with Crippen molar-refractivity contribution in [3.05, 3.63) is 65.7 Å². The number of rotatable bonds is 7. The number of hydrogen-bond donors (Lipinski definition) is 0. The van der Waals surface area contributed by atoms with Crippen LogP contribution in [0.4, 0.5) is 0 Å². The highest BCUT2D eigenvalue weighted by Gasteiger charge is 2.34. The Balaban J connectivity index is 1.44. The zero-order chi connectivity index (χ0) is 24.1. The SMILES string of the molecule is COc1ccc(C2CC(c3ccccc3)=NN2C(=O)CN2CCN(CC(=O)N(C)C)CC2)cc1. The fourth-order valence-electron chi connectivity index (χ4n) is 4.33. The fraction of sp³-hybridized carbons (Fsp3) is 0.423. The van der Waals surface area contributed by atoms with Gasteiger partial charge in [0.2, 0.25) is 5.91 Å². The summed E-state index contributed by atoms with van der Waals surface area (Å²) in [5, 5.41) is 6.44. The lowest BCUT2D eigenvalue weighted by molar-refractivity contribution is -0.135. The van der Waals surface area contributed by atoms with E-state index in [9.17, 15) is 9.59 Å². The molecule has 0 spiro atoms. The van der Waals surface area contributed by atoms with Crippen molar-refractivity contribution in [2.24, 2.45) is 5.10 Å². The number of carbonyl (C=O) groups excluding carboxylic acids is 2. The van der Waals surface area contributed by atoms with Crippen LogP contribution in [-0.2, 0) is 9.59 Å². The van der Waals surface area contributed by atoms with Gasteiger partial charge in [-0.05, 0) is 23.3 Å². The first-order valence-electron chi connectivity index (χ1n) is 11.7. The molecular weight excluding hydrogens is 430 g/mol. The summed E-state index contributed by atoms with van der Waals surface area (Å²) in [6.07, 6.45) is 0.669. The van der Waals surface area contributed by atoms with Crippen molar-refractivity contribution in [2.75, 3.05) is 60.5 Å². The number of hydrazone groups is 1. The van der Waals surface area contributed by atoms with Crippen LogP contribution in [-0.4, -0.2) is 97.7 Å². The van der Waals surface area contributed by atoms with E-state index in [0.29, 0.717) is 19.5 Å². The zero-order valence-corrected chi connectivity index (χ0v) is 20.2. The molecule has 1 saturated heterocycles. The van der Waals surface area contributed by atoms with Crippen molar-refractivity contribution in [1.82, 2.24) is 19.7 Å². The molecule has 2 aliphatic rings. The molecule has 4 rings (SSSR count). The van der Waals surface area contributed by atoms with Crippen molar-refractivity contribution in [3.63, 3.8) is 0 Å². The van der Waals surface area contributed by atoms with E-state index in [2.05, 4.69) is 9.80 Å². The second-order valence-electron chi connectivity index (χ2n) is 8.98. The molecule has 8 heteroatoms. The summed E-state index contributed by atoms with van der Waals surface area (Å²) in [5.41, 5.74) is 2.99. The highest BCUT2D eigenvalue weighted by atomic mass is 16.5. The van der Waals surface area contributed by atoms with Gasteiger partial charge in [0.1, 0.15) is 5.75 Å². The Labute approximate surface area is 201 Å². The highest BCUT2D eigenvalue weighted by Crippen LogP contribution is 2.33. The van der Waals surface area contributed by atoms with Gasteiger partial charge in [-0.1, -0.05) is 42.5 Å². The molecule has 0 aliphatic carbocycles. The van der Waals surface area contributed by atoms with Gasteiger partial charge in [0.25, 0.3) is 5.91 Å². The van der Waals surface area contributed by atoms with Gasteiger partial charge in [0.05, 0.1) is 32.0 Å². The summed E-state index contributed by atoms with van der Waals surface area (Å²) < 4.78 is 5.30. The minimum absolute atomic E-state index is 0.00966. The topological polar surface area (TPSA) is 68.7 Å². The Hall–Kier alpha value is -3.23. The number of nitrogens with zero attached hydrogens (tertiary/aromatic N) is 5. The predicted molar refractivity (Wildman–Crippen MR) is 132 cm³/mol.